The molecule has 0 atom stereocenters. The minimum absolute atomic E-state index is 0. The van der Waals surface area contributed by atoms with Gasteiger partial charge in [0.1, 0.15) is 5.02 Å². The topological polar surface area (TPSA) is 58.4 Å². The Hall–Kier alpha value is -0.880. The summed E-state index contributed by atoms with van der Waals surface area (Å²) in [5.41, 5.74) is 0.889. The highest BCUT2D eigenvalue weighted by Crippen LogP contribution is 2.25. The van der Waals surface area contributed by atoms with E-state index in [-0.39, 0.29) is 23.1 Å². The second kappa shape index (κ2) is 6.33. The lowest BCUT2D eigenvalue weighted by Gasteiger charge is -2.35. The summed E-state index contributed by atoms with van der Waals surface area (Å²) in [6.45, 7) is 2.66. The minimum atomic E-state index is -0.448. The first-order valence-corrected chi connectivity index (χ1v) is 5.79. The zero-order chi connectivity index (χ0) is 12.4. The van der Waals surface area contributed by atoms with Crippen molar-refractivity contribution < 1.29 is 4.92 Å². The molecule has 1 saturated heterocycles. The Morgan fingerprint density at radius 1 is 1.56 bits per heavy atom. The maximum Gasteiger partial charge on any atom is 0.288 e. The molecular weight excluding hydrogens is 277 g/mol. The summed E-state index contributed by atoms with van der Waals surface area (Å²) in [6, 6.07) is 5.48. The number of hydrogen-bond donors (Lipinski definition) is 1. The van der Waals surface area contributed by atoms with E-state index in [1.807, 2.05) is 13.1 Å². The summed E-state index contributed by atoms with van der Waals surface area (Å²) in [5, 5.41) is 14.1. The van der Waals surface area contributed by atoms with E-state index in [9.17, 15) is 10.1 Å². The lowest BCUT2D eigenvalue weighted by molar-refractivity contribution is -0.384. The fraction of sp³-hybridized carbons (Fsp3) is 0.455. The molecule has 1 aliphatic rings. The molecular formula is C11H15Cl2N3O2. The van der Waals surface area contributed by atoms with Gasteiger partial charge in [0.15, 0.2) is 0 Å². The molecule has 0 aromatic heterocycles. The molecule has 1 fully saturated rings. The normalized spacial score (nSPS) is 15.1. The first-order chi connectivity index (χ1) is 8.08. The quantitative estimate of drug-likeness (QED) is 0.682. The van der Waals surface area contributed by atoms with Gasteiger partial charge in [-0.15, -0.1) is 12.4 Å². The molecule has 100 valence electrons. The fourth-order valence-electron chi connectivity index (χ4n) is 1.80. The third-order valence-corrected chi connectivity index (χ3v) is 3.34. The lowest BCUT2D eigenvalue weighted by atomic mass is 10.1. The van der Waals surface area contributed by atoms with E-state index in [0.29, 0.717) is 12.6 Å². The third kappa shape index (κ3) is 3.32. The van der Waals surface area contributed by atoms with Gasteiger partial charge in [-0.2, -0.15) is 0 Å². The molecule has 1 heterocycles. The van der Waals surface area contributed by atoms with Crippen LogP contribution in [0.2, 0.25) is 5.02 Å². The predicted molar refractivity (Wildman–Crippen MR) is 73.5 cm³/mol. The van der Waals surface area contributed by atoms with E-state index in [4.69, 9.17) is 11.6 Å². The van der Waals surface area contributed by atoms with Crippen LogP contribution < -0.4 is 5.32 Å². The van der Waals surface area contributed by atoms with Gasteiger partial charge in [-0.05, 0) is 18.7 Å². The van der Waals surface area contributed by atoms with Gasteiger partial charge in [0.2, 0.25) is 0 Å². The zero-order valence-electron chi connectivity index (χ0n) is 9.93. The Kier molecular flexibility index (Phi) is 5.34. The summed E-state index contributed by atoms with van der Waals surface area (Å²) in [6.07, 6.45) is 0. The molecule has 0 saturated carbocycles. The molecule has 0 bridgehead atoms. The number of likely N-dealkylation sites (N-methyl/N-ethyl adjacent to an activating group) is 1. The van der Waals surface area contributed by atoms with Crippen molar-refractivity contribution in [3.63, 3.8) is 0 Å². The molecule has 1 aliphatic heterocycles. The van der Waals surface area contributed by atoms with Crippen LogP contribution in [0, 0.1) is 10.1 Å². The second-order valence-corrected chi connectivity index (χ2v) is 4.68. The summed E-state index contributed by atoms with van der Waals surface area (Å²) in [7, 11) is 2.02. The Labute approximate surface area is 117 Å². The van der Waals surface area contributed by atoms with Crippen LogP contribution in [0.4, 0.5) is 5.69 Å². The van der Waals surface area contributed by atoms with Crippen LogP contribution in [-0.4, -0.2) is 36.0 Å². The molecule has 0 spiro atoms. The first-order valence-electron chi connectivity index (χ1n) is 5.41. The van der Waals surface area contributed by atoms with E-state index in [1.54, 1.807) is 12.1 Å². The molecule has 2 rings (SSSR count). The Bertz CT molecular complexity index is 438. The molecule has 0 amide bonds. The maximum atomic E-state index is 10.8. The fourth-order valence-corrected chi connectivity index (χ4v) is 1.99. The van der Waals surface area contributed by atoms with Gasteiger partial charge in [-0.3, -0.25) is 15.0 Å². The van der Waals surface area contributed by atoms with Crippen molar-refractivity contribution >= 4 is 29.7 Å². The number of halogens is 2. The van der Waals surface area contributed by atoms with E-state index in [2.05, 4.69) is 10.2 Å². The van der Waals surface area contributed by atoms with Crippen molar-refractivity contribution in [2.75, 3.05) is 20.1 Å². The number of benzene rings is 1. The zero-order valence-corrected chi connectivity index (χ0v) is 11.5. The molecule has 18 heavy (non-hydrogen) atoms. The SMILES string of the molecule is CN(Cc1ccc(Cl)c([N+](=O)[O-])c1)C1CNC1.Cl. The van der Waals surface area contributed by atoms with Crippen LogP contribution in [0.3, 0.4) is 0 Å². The van der Waals surface area contributed by atoms with Crippen LogP contribution in [0.15, 0.2) is 18.2 Å². The van der Waals surface area contributed by atoms with E-state index >= 15 is 0 Å². The van der Waals surface area contributed by atoms with Crippen LogP contribution in [0.1, 0.15) is 5.56 Å². The molecule has 1 N–H and O–H groups in total. The van der Waals surface area contributed by atoms with Gasteiger partial charge in [0.05, 0.1) is 4.92 Å². The van der Waals surface area contributed by atoms with Crippen LogP contribution in [-0.2, 0) is 6.54 Å². The highest BCUT2D eigenvalue weighted by Gasteiger charge is 2.22. The standard InChI is InChI=1S/C11H14ClN3O2.ClH/c1-14(9-5-13-6-9)7-8-2-3-10(12)11(4-8)15(16)17;/h2-4,9,13H,5-7H2,1H3;1H. The second-order valence-electron chi connectivity index (χ2n) is 4.27. The van der Waals surface area contributed by atoms with Crippen molar-refractivity contribution in [1.29, 1.82) is 0 Å². The largest absolute Gasteiger partial charge is 0.314 e. The van der Waals surface area contributed by atoms with Crippen molar-refractivity contribution in [1.82, 2.24) is 10.2 Å². The summed E-state index contributed by atoms with van der Waals surface area (Å²) >= 11 is 5.76. The van der Waals surface area contributed by atoms with Crippen molar-refractivity contribution in [2.24, 2.45) is 0 Å². The van der Waals surface area contributed by atoms with Gasteiger partial charge in [-0.25, -0.2) is 0 Å². The van der Waals surface area contributed by atoms with Gasteiger partial charge in [0.25, 0.3) is 5.69 Å². The highest BCUT2D eigenvalue weighted by atomic mass is 35.5. The number of rotatable bonds is 4. The Balaban J connectivity index is 0.00000162. The molecule has 1 aromatic carbocycles. The van der Waals surface area contributed by atoms with Gasteiger partial charge < -0.3 is 5.32 Å². The first kappa shape index (κ1) is 15.2. The number of nitrogens with zero attached hydrogens (tertiary/aromatic N) is 2. The molecule has 5 nitrogen and oxygen atoms in total. The van der Waals surface area contributed by atoms with Crippen molar-refractivity contribution in [3.8, 4) is 0 Å². The lowest BCUT2D eigenvalue weighted by Crippen LogP contribution is -2.55. The number of nitrogens with one attached hydrogen (secondary N) is 1. The van der Waals surface area contributed by atoms with Crippen molar-refractivity contribution in [3.05, 3.63) is 38.9 Å². The predicted octanol–water partition coefficient (Wildman–Crippen LogP) is 2.07. The highest BCUT2D eigenvalue weighted by molar-refractivity contribution is 6.32. The van der Waals surface area contributed by atoms with Gasteiger partial charge in [0, 0.05) is 31.7 Å². The van der Waals surface area contributed by atoms with Crippen LogP contribution in [0.25, 0.3) is 0 Å². The summed E-state index contributed by atoms with van der Waals surface area (Å²) in [5.74, 6) is 0. The third-order valence-electron chi connectivity index (χ3n) is 3.02. The van der Waals surface area contributed by atoms with Crippen molar-refractivity contribution in [2.45, 2.75) is 12.6 Å². The van der Waals surface area contributed by atoms with Crippen LogP contribution >= 0.6 is 24.0 Å². The van der Waals surface area contributed by atoms with Gasteiger partial charge in [-0.1, -0.05) is 17.7 Å². The van der Waals surface area contributed by atoms with E-state index in [0.717, 1.165) is 18.7 Å². The molecule has 1 aromatic rings. The Morgan fingerprint density at radius 3 is 2.72 bits per heavy atom. The monoisotopic (exact) mass is 291 g/mol. The van der Waals surface area contributed by atoms with Crippen LogP contribution in [0.5, 0.6) is 0 Å². The van der Waals surface area contributed by atoms with Gasteiger partial charge >= 0.3 is 0 Å². The average molecular weight is 292 g/mol. The maximum absolute atomic E-state index is 10.8. The number of hydrogen-bond acceptors (Lipinski definition) is 4. The average Bonchev–Trinajstić information content (AvgIpc) is 2.17. The number of nitro groups is 1. The summed E-state index contributed by atoms with van der Waals surface area (Å²) in [4.78, 5) is 12.5. The van der Waals surface area contributed by atoms with E-state index < -0.39 is 4.92 Å². The smallest absolute Gasteiger partial charge is 0.288 e. The summed E-state index contributed by atoms with van der Waals surface area (Å²) < 4.78 is 0. The molecule has 0 unspecified atom stereocenters. The number of nitro benzene ring substituents is 1. The van der Waals surface area contributed by atoms with E-state index in [1.165, 1.54) is 0 Å². The molecule has 7 heteroatoms. The molecule has 0 radical (unpaired) electrons. The Morgan fingerprint density at radius 2 is 2.22 bits per heavy atom. The minimum Gasteiger partial charge on any atom is -0.314 e. The molecule has 0 aliphatic carbocycles.